The predicted molar refractivity (Wildman–Crippen MR) is 71.9 cm³/mol. The topological polar surface area (TPSA) is 72.2 Å². The van der Waals surface area contributed by atoms with E-state index in [4.69, 9.17) is 0 Å². The Morgan fingerprint density at radius 3 is 2.79 bits per heavy atom. The van der Waals surface area contributed by atoms with Crippen molar-refractivity contribution in [1.82, 2.24) is 24.9 Å². The van der Waals surface area contributed by atoms with Crippen LogP contribution >= 0.6 is 0 Å². The molecule has 0 aliphatic heterocycles. The SMILES string of the molecule is CCC(CC)CNC(=O)c1cnc2ncnn2c1C. The maximum Gasteiger partial charge on any atom is 0.254 e. The summed E-state index contributed by atoms with van der Waals surface area (Å²) in [7, 11) is 0. The molecule has 0 fully saturated rings. The number of aryl methyl sites for hydroxylation is 1. The highest BCUT2D eigenvalue weighted by Crippen LogP contribution is 2.09. The molecule has 2 aromatic rings. The molecule has 2 aromatic heterocycles. The first-order valence-corrected chi connectivity index (χ1v) is 6.60. The van der Waals surface area contributed by atoms with Crippen molar-refractivity contribution in [1.29, 1.82) is 0 Å². The van der Waals surface area contributed by atoms with Crippen LogP contribution in [-0.4, -0.2) is 32.0 Å². The fraction of sp³-hybridized carbons (Fsp3) is 0.538. The van der Waals surface area contributed by atoms with Crippen LogP contribution in [0, 0.1) is 12.8 Å². The Balaban J connectivity index is 2.15. The average molecular weight is 261 g/mol. The first kappa shape index (κ1) is 13.5. The van der Waals surface area contributed by atoms with E-state index in [1.807, 2.05) is 6.92 Å². The molecule has 6 heteroatoms. The molecule has 19 heavy (non-hydrogen) atoms. The summed E-state index contributed by atoms with van der Waals surface area (Å²) in [5.41, 5.74) is 1.30. The van der Waals surface area contributed by atoms with E-state index < -0.39 is 0 Å². The van der Waals surface area contributed by atoms with Crippen LogP contribution in [0.1, 0.15) is 42.7 Å². The summed E-state index contributed by atoms with van der Waals surface area (Å²) in [6.07, 6.45) is 5.12. The zero-order valence-corrected chi connectivity index (χ0v) is 11.6. The normalized spacial score (nSPS) is 11.2. The van der Waals surface area contributed by atoms with Crippen LogP contribution in [-0.2, 0) is 0 Å². The van der Waals surface area contributed by atoms with E-state index in [9.17, 15) is 4.79 Å². The second kappa shape index (κ2) is 5.77. The lowest BCUT2D eigenvalue weighted by Gasteiger charge is -2.14. The van der Waals surface area contributed by atoms with Crippen molar-refractivity contribution in [3.8, 4) is 0 Å². The van der Waals surface area contributed by atoms with Gasteiger partial charge in [-0.15, -0.1) is 0 Å². The summed E-state index contributed by atoms with van der Waals surface area (Å²) in [4.78, 5) is 20.3. The molecule has 0 aliphatic carbocycles. The molecule has 1 amide bonds. The quantitative estimate of drug-likeness (QED) is 0.887. The fourth-order valence-corrected chi connectivity index (χ4v) is 2.02. The highest BCUT2D eigenvalue weighted by Gasteiger charge is 2.14. The van der Waals surface area contributed by atoms with Crippen LogP contribution in [0.25, 0.3) is 5.78 Å². The number of nitrogens with zero attached hydrogens (tertiary/aromatic N) is 4. The van der Waals surface area contributed by atoms with E-state index in [0.717, 1.165) is 18.5 Å². The molecule has 0 saturated heterocycles. The van der Waals surface area contributed by atoms with Gasteiger partial charge in [0, 0.05) is 12.7 Å². The molecule has 0 saturated carbocycles. The molecule has 2 rings (SSSR count). The number of hydrogen-bond donors (Lipinski definition) is 1. The fourth-order valence-electron chi connectivity index (χ4n) is 2.02. The third-order valence-corrected chi connectivity index (χ3v) is 3.50. The molecule has 102 valence electrons. The van der Waals surface area contributed by atoms with Gasteiger partial charge in [0.15, 0.2) is 0 Å². The maximum absolute atomic E-state index is 12.2. The zero-order chi connectivity index (χ0) is 13.8. The number of hydrogen-bond acceptors (Lipinski definition) is 4. The Kier molecular flexibility index (Phi) is 4.09. The number of amides is 1. The minimum atomic E-state index is -0.102. The summed E-state index contributed by atoms with van der Waals surface area (Å²) in [5.74, 6) is 0.927. The van der Waals surface area contributed by atoms with Gasteiger partial charge < -0.3 is 5.32 Å². The van der Waals surface area contributed by atoms with Gasteiger partial charge in [0.2, 0.25) is 0 Å². The van der Waals surface area contributed by atoms with E-state index in [1.165, 1.54) is 6.33 Å². The molecular formula is C13H19N5O. The predicted octanol–water partition coefficient (Wildman–Crippen LogP) is 1.60. The smallest absolute Gasteiger partial charge is 0.254 e. The van der Waals surface area contributed by atoms with Gasteiger partial charge in [-0.1, -0.05) is 26.7 Å². The molecule has 0 spiro atoms. The number of fused-ring (bicyclic) bond motifs is 1. The third kappa shape index (κ3) is 2.72. The lowest BCUT2D eigenvalue weighted by atomic mass is 10.0. The molecule has 0 unspecified atom stereocenters. The molecular weight excluding hydrogens is 242 g/mol. The molecule has 0 radical (unpaired) electrons. The van der Waals surface area contributed by atoms with Crippen molar-refractivity contribution in [2.45, 2.75) is 33.6 Å². The van der Waals surface area contributed by atoms with Gasteiger partial charge in [-0.2, -0.15) is 10.1 Å². The van der Waals surface area contributed by atoms with Gasteiger partial charge in [0.25, 0.3) is 11.7 Å². The second-order valence-electron chi connectivity index (χ2n) is 4.62. The minimum absolute atomic E-state index is 0.102. The molecule has 0 aromatic carbocycles. The number of carbonyl (C=O) groups is 1. The van der Waals surface area contributed by atoms with Crippen LogP contribution < -0.4 is 5.32 Å². The minimum Gasteiger partial charge on any atom is -0.352 e. The maximum atomic E-state index is 12.2. The highest BCUT2D eigenvalue weighted by molar-refractivity contribution is 5.95. The molecule has 0 atom stereocenters. The van der Waals surface area contributed by atoms with E-state index in [2.05, 4.69) is 34.2 Å². The van der Waals surface area contributed by atoms with Gasteiger partial charge in [-0.05, 0) is 12.8 Å². The zero-order valence-electron chi connectivity index (χ0n) is 11.6. The summed E-state index contributed by atoms with van der Waals surface area (Å²) < 4.78 is 1.58. The highest BCUT2D eigenvalue weighted by atomic mass is 16.1. The van der Waals surface area contributed by atoms with Crippen LogP contribution in [0.15, 0.2) is 12.5 Å². The Morgan fingerprint density at radius 1 is 1.37 bits per heavy atom. The number of carbonyl (C=O) groups excluding carboxylic acids is 1. The van der Waals surface area contributed by atoms with Gasteiger partial charge in [-0.25, -0.2) is 9.50 Å². The monoisotopic (exact) mass is 261 g/mol. The number of nitrogens with one attached hydrogen (secondary N) is 1. The van der Waals surface area contributed by atoms with Crippen molar-refractivity contribution < 1.29 is 4.79 Å². The van der Waals surface area contributed by atoms with Crippen molar-refractivity contribution in [3.05, 3.63) is 23.8 Å². The lowest BCUT2D eigenvalue weighted by molar-refractivity contribution is 0.0944. The molecule has 0 bridgehead atoms. The van der Waals surface area contributed by atoms with Gasteiger partial charge in [-0.3, -0.25) is 4.79 Å². The summed E-state index contributed by atoms with van der Waals surface area (Å²) >= 11 is 0. The van der Waals surface area contributed by atoms with Crippen LogP contribution in [0.2, 0.25) is 0 Å². The van der Waals surface area contributed by atoms with E-state index in [-0.39, 0.29) is 5.91 Å². The van der Waals surface area contributed by atoms with Crippen LogP contribution in [0.3, 0.4) is 0 Å². The van der Waals surface area contributed by atoms with Crippen molar-refractivity contribution >= 4 is 11.7 Å². The summed E-state index contributed by atoms with van der Waals surface area (Å²) in [5, 5.41) is 7.01. The Bertz CT molecular complexity index is 573. The first-order valence-electron chi connectivity index (χ1n) is 6.60. The van der Waals surface area contributed by atoms with Gasteiger partial charge in [0.1, 0.15) is 6.33 Å². The molecule has 2 heterocycles. The number of aromatic nitrogens is 4. The standard InChI is InChI=1S/C13H19N5O/c1-4-10(5-2)6-14-12(19)11-7-15-13-16-8-17-18(13)9(11)3/h7-8,10H,4-6H2,1-3H3,(H,14,19). The lowest BCUT2D eigenvalue weighted by Crippen LogP contribution is -2.30. The Morgan fingerprint density at radius 2 is 2.11 bits per heavy atom. The average Bonchev–Trinajstić information content (AvgIpc) is 2.89. The van der Waals surface area contributed by atoms with E-state index in [0.29, 0.717) is 23.8 Å². The Labute approximate surface area is 112 Å². The van der Waals surface area contributed by atoms with Crippen molar-refractivity contribution in [2.75, 3.05) is 6.54 Å². The molecule has 6 nitrogen and oxygen atoms in total. The van der Waals surface area contributed by atoms with Gasteiger partial charge >= 0.3 is 0 Å². The largest absolute Gasteiger partial charge is 0.352 e. The van der Waals surface area contributed by atoms with Gasteiger partial charge in [0.05, 0.1) is 11.3 Å². The third-order valence-electron chi connectivity index (χ3n) is 3.50. The van der Waals surface area contributed by atoms with Crippen molar-refractivity contribution in [2.24, 2.45) is 5.92 Å². The molecule has 1 N–H and O–H groups in total. The van der Waals surface area contributed by atoms with Crippen LogP contribution in [0.4, 0.5) is 0 Å². The second-order valence-corrected chi connectivity index (χ2v) is 4.62. The van der Waals surface area contributed by atoms with E-state index in [1.54, 1.807) is 10.7 Å². The first-order chi connectivity index (χ1) is 9.17. The Hall–Kier alpha value is -1.98. The van der Waals surface area contributed by atoms with Crippen molar-refractivity contribution in [3.63, 3.8) is 0 Å². The summed E-state index contributed by atoms with van der Waals surface area (Å²) in [6, 6.07) is 0. The summed E-state index contributed by atoms with van der Waals surface area (Å²) in [6.45, 7) is 6.80. The molecule has 0 aliphatic rings. The van der Waals surface area contributed by atoms with Crippen LogP contribution in [0.5, 0.6) is 0 Å². The number of rotatable bonds is 5. The van der Waals surface area contributed by atoms with E-state index >= 15 is 0 Å².